The van der Waals surface area contributed by atoms with E-state index in [4.69, 9.17) is 0 Å². The van der Waals surface area contributed by atoms with Crippen LogP contribution >= 0.6 is 11.3 Å². The van der Waals surface area contributed by atoms with E-state index >= 15 is 0 Å². The number of fused-ring (bicyclic) bond motifs is 6. The highest BCUT2D eigenvalue weighted by Crippen LogP contribution is 2.51. The number of nitrogens with zero attached hydrogens (tertiary/aromatic N) is 1. The molecule has 0 amide bonds. The first-order valence-electron chi connectivity index (χ1n) is 23.0. The van der Waals surface area contributed by atoms with Gasteiger partial charge in [-0.3, -0.25) is 0 Å². The molecule has 2 nitrogen and oxygen atoms in total. The molecule has 0 saturated heterocycles. The van der Waals surface area contributed by atoms with Gasteiger partial charge in [0.1, 0.15) is 0 Å². The van der Waals surface area contributed by atoms with Crippen LogP contribution in [0.3, 0.4) is 0 Å². The molecule has 0 radical (unpaired) electrons. The zero-order chi connectivity index (χ0) is 44.5. The third-order valence-corrected chi connectivity index (χ3v) is 14.5. The van der Waals surface area contributed by atoms with Gasteiger partial charge in [-0.2, -0.15) is 0 Å². The molecule has 0 spiro atoms. The van der Waals surface area contributed by atoms with Crippen LogP contribution < -0.4 is 10.2 Å². The Morgan fingerprint density at radius 3 is 1.64 bits per heavy atom. The minimum absolute atomic E-state index is 0.131. The summed E-state index contributed by atoms with van der Waals surface area (Å²) in [5, 5.41) is 6.32. The van der Waals surface area contributed by atoms with Gasteiger partial charge in [0.05, 0.1) is 0 Å². The fraction of sp³-hybridized carbons (Fsp3) is 0.0794. The van der Waals surface area contributed by atoms with Crippen molar-refractivity contribution in [2.24, 2.45) is 0 Å². The molecule has 10 aromatic rings. The maximum absolute atomic E-state index is 3.60. The van der Waals surface area contributed by atoms with Gasteiger partial charge in [0, 0.05) is 54.0 Å². The summed E-state index contributed by atoms with van der Waals surface area (Å²) in [4.78, 5) is 2.47. The van der Waals surface area contributed by atoms with Gasteiger partial charge < -0.3 is 10.2 Å². The van der Waals surface area contributed by atoms with Gasteiger partial charge in [-0.05, 0) is 129 Å². The number of anilines is 4. The van der Waals surface area contributed by atoms with Crippen LogP contribution in [0.4, 0.5) is 22.7 Å². The molecule has 0 atom stereocenters. The highest BCUT2D eigenvalue weighted by atomic mass is 32.1. The predicted octanol–water partition coefficient (Wildman–Crippen LogP) is 18.0. The molecule has 0 unspecified atom stereocenters. The molecule has 12 rings (SSSR count). The highest BCUT2D eigenvalue weighted by molar-refractivity contribution is 7.26. The first-order valence-corrected chi connectivity index (χ1v) is 23.8. The maximum Gasteiger partial charge on any atom is 0.0461 e. The Balaban J connectivity index is 0.000000223. The number of nitrogens with one attached hydrogen (secondary N) is 1. The zero-order valence-electron chi connectivity index (χ0n) is 37.3. The third-order valence-electron chi connectivity index (χ3n) is 13.3. The molecule has 2 aliphatic carbocycles. The van der Waals surface area contributed by atoms with E-state index in [1.807, 2.05) is 23.5 Å². The summed E-state index contributed by atoms with van der Waals surface area (Å²) in [6.45, 7) is 4.73. The third kappa shape index (κ3) is 7.93. The van der Waals surface area contributed by atoms with Crippen LogP contribution in [0.15, 0.2) is 242 Å². The minimum atomic E-state index is -0.131. The van der Waals surface area contributed by atoms with Crippen LogP contribution in [0, 0.1) is 0 Å². The molecule has 3 heteroatoms. The first kappa shape index (κ1) is 41.0. The van der Waals surface area contributed by atoms with Crippen molar-refractivity contribution in [3.63, 3.8) is 0 Å². The molecule has 0 bridgehead atoms. The number of hydrogen-bond acceptors (Lipinski definition) is 3. The molecule has 1 heterocycles. The molecule has 0 aliphatic heterocycles. The zero-order valence-corrected chi connectivity index (χ0v) is 38.1. The molecule has 318 valence electrons. The molecule has 0 fully saturated rings. The molecule has 1 N–H and O–H groups in total. The molecule has 2 aliphatic rings. The van der Waals surface area contributed by atoms with Gasteiger partial charge in [-0.1, -0.05) is 190 Å². The Bertz CT molecular complexity index is 3320. The second kappa shape index (κ2) is 17.7. The predicted molar refractivity (Wildman–Crippen MR) is 284 cm³/mol. The summed E-state index contributed by atoms with van der Waals surface area (Å²) >= 11 is 1.91. The quantitative estimate of drug-likeness (QED) is 0.164. The fourth-order valence-electron chi connectivity index (χ4n) is 9.84. The van der Waals surface area contributed by atoms with Crippen molar-refractivity contribution in [2.75, 3.05) is 10.2 Å². The van der Waals surface area contributed by atoms with Gasteiger partial charge in [0.15, 0.2) is 0 Å². The van der Waals surface area contributed by atoms with Crippen LogP contribution in [0.2, 0.25) is 0 Å². The Hall–Kier alpha value is -7.72. The van der Waals surface area contributed by atoms with Gasteiger partial charge in [-0.25, -0.2) is 0 Å². The van der Waals surface area contributed by atoms with Crippen molar-refractivity contribution in [3.8, 4) is 33.4 Å². The van der Waals surface area contributed by atoms with Crippen molar-refractivity contribution in [1.82, 2.24) is 0 Å². The lowest BCUT2D eigenvalue weighted by Crippen LogP contribution is -2.20. The van der Waals surface area contributed by atoms with E-state index in [-0.39, 0.29) is 5.41 Å². The summed E-state index contributed by atoms with van der Waals surface area (Å²) in [7, 11) is 0. The summed E-state index contributed by atoms with van der Waals surface area (Å²) in [5.41, 5.74) is 19.0. The van der Waals surface area contributed by atoms with Crippen LogP contribution in [-0.4, -0.2) is 0 Å². The Morgan fingerprint density at radius 2 is 0.985 bits per heavy atom. The van der Waals surface area contributed by atoms with Crippen LogP contribution in [0.25, 0.3) is 59.1 Å². The number of thiophene rings is 1. The molecular formula is C63H50N2S. The van der Waals surface area contributed by atoms with E-state index in [9.17, 15) is 0 Å². The largest absolute Gasteiger partial charge is 0.356 e. The van der Waals surface area contributed by atoms with Crippen molar-refractivity contribution in [2.45, 2.75) is 32.1 Å². The normalized spacial score (nSPS) is 13.5. The monoisotopic (exact) mass is 866 g/mol. The lowest BCUT2D eigenvalue weighted by atomic mass is 9.82. The van der Waals surface area contributed by atoms with Crippen LogP contribution in [0.5, 0.6) is 0 Å². The Kier molecular flexibility index (Phi) is 11.0. The smallest absolute Gasteiger partial charge is 0.0461 e. The number of benzene rings is 9. The van der Waals surface area contributed by atoms with Gasteiger partial charge in [-0.15, -0.1) is 11.3 Å². The summed E-state index contributed by atoms with van der Waals surface area (Å²) in [6, 6.07) is 80.4. The van der Waals surface area contributed by atoms with E-state index in [2.05, 4.69) is 249 Å². The average Bonchev–Trinajstić information content (AvgIpc) is 3.87. The number of rotatable bonds is 8. The summed E-state index contributed by atoms with van der Waals surface area (Å²) in [5.74, 6) is 0. The lowest BCUT2D eigenvalue weighted by molar-refractivity contribution is 0.660. The topological polar surface area (TPSA) is 15.3 Å². The van der Waals surface area contributed by atoms with Gasteiger partial charge in [0.2, 0.25) is 0 Å². The molecule has 9 aromatic carbocycles. The molecule has 0 saturated carbocycles. The van der Waals surface area contributed by atoms with Crippen molar-refractivity contribution in [1.29, 1.82) is 0 Å². The van der Waals surface area contributed by atoms with Crippen molar-refractivity contribution >= 4 is 59.8 Å². The van der Waals surface area contributed by atoms with Gasteiger partial charge >= 0.3 is 0 Å². The first-order chi connectivity index (χ1) is 32.5. The van der Waals surface area contributed by atoms with E-state index in [0.717, 1.165) is 24.2 Å². The summed E-state index contributed by atoms with van der Waals surface area (Å²) in [6.07, 6.45) is 6.69. The summed E-state index contributed by atoms with van der Waals surface area (Å²) < 4.78 is 2.75. The Morgan fingerprint density at radius 1 is 0.424 bits per heavy atom. The standard InChI is InChI=1S/C45H36N2S.C18H14/c1-45(2)41-28-32(46-31-12-5-3-6-13-31)22-26-37(41)38-27-25-35(29-42(38)45)47(33-14-7-4-8-15-33)34-23-20-30(21-24-34)36-17-11-18-40-39-16-9-10-19-43(39)48-44(36)40;1-3-7-15(8-4-1)17-11-13-18(14-12-17)16-9-5-2-6-10-16/h3-20,22-23,25-29,46H,21,24H2,1-2H3;1-14H. The Labute approximate surface area is 392 Å². The van der Waals surface area contributed by atoms with Crippen molar-refractivity contribution in [3.05, 3.63) is 259 Å². The van der Waals surface area contributed by atoms with E-state index in [1.165, 1.54) is 92.9 Å². The maximum atomic E-state index is 3.60. The second-order valence-electron chi connectivity index (χ2n) is 17.7. The molecule has 66 heavy (non-hydrogen) atoms. The van der Waals surface area contributed by atoms with E-state index in [1.54, 1.807) is 0 Å². The van der Waals surface area contributed by atoms with Crippen molar-refractivity contribution < 1.29 is 0 Å². The lowest BCUT2D eigenvalue weighted by Gasteiger charge is -2.31. The van der Waals surface area contributed by atoms with Gasteiger partial charge in [0.25, 0.3) is 0 Å². The second-order valence-corrected chi connectivity index (χ2v) is 18.8. The fourth-order valence-corrected chi connectivity index (χ4v) is 11.1. The number of hydrogen-bond donors (Lipinski definition) is 1. The van der Waals surface area contributed by atoms with E-state index in [0.29, 0.717) is 0 Å². The number of allylic oxidation sites excluding steroid dienone is 4. The van der Waals surface area contributed by atoms with Crippen LogP contribution in [0.1, 0.15) is 43.4 Å². The minimum Gasteiger partial charge on any atom is -0.356 e. The SMILES string of the molecule is CC1(C)c2cc(Nc3ccccc3)ccc2-c2ccc(N(C3=CC=C(c4cccc5c4sc4ccccc45)CC3)c3ccccc3)cc21.c1ccc(-c2ccc(-c3ccccc3)cc2)cc1. The molecular weight excluding hydrogens is 817 g/mol. The van der Waals surface area contributed by atoms with Crippen LogP contribution in [-0.2, 0) is 5.41 Å². The number of para-hydroxylation sites is 2. The highest BCUT2D eigenvalue weighted by Gasteiger charge is 2.36. The average molecular weight is 867 g/mol. The molecule has 1 aromatic heterocycles. The van der Waals surface area contributed by atoms with E-state index < -0.39 is 0 Å².